The van der Waals surface area contributed by atoms with Crippen LogP contribution in [0.15, 0.2) is 60.7 Å². The van der Waals surface area contributed by atoms with Crippen LogP contribution >= 0.6 is 19.0 Å². The molecule has 0 unspecified atom stereocenters. The van der Waals surface area contributed by atoms with Crippen molar-refractivity contribution in [2.24, 2.45) is 0 Å². The van der Waals surface area contributed by atoms with E-state index in [9.17, 15) is 9.59 Å². The summed E-state index contributed by atoms with van der Waals surface area (Å²) in [6.45, 7) is 0. The number of amides is 2. The average molecular weight is 720 g/mol. The Morgan fingerprint density at radius 3 is 1.39 bits per heavy atom. The summed E-state index contributed by atoms with van der Waals surface area (Å²) >= 11 is 2.88. The fourth-order valence-corrected chi connectivity index (χ4v) is 3.54. The Hall–Kier alpha value is -0.360. The van der Waals surface area contributed by atoms with Gasteiger partial charge in [-0.1, -0.05) is 0 Å². The topological polar surface area (TPSA) is 40.6 Å². The van der Waals surface area contributed by atoms with Crippen LogP contribution in [0.25, 0.3) is 0 Å². The van der Waals surface area contributed by atoms with E-state index in [2.05, 4.69) is 36.3 Å². The molecule has 2 rings (SSSR count). The molecule has 0 aromatic heterocycles. The zero-order chi connectivity index (χ0) is 17.2. The van der Waals surface area contributed by atoms with E-state index in [0.717, 1.165) is 11.4 Å². The second kappa shape index (κ2) is 11.2. The summed E-state index contributed by atoms with van der Waals surface area (Å²) in [4.78, 5) is 27.6. The van der Waals surface area contributed by atoms with E-state index in [4.69, 9.17) is 0 Å². The van der Waals surface area contributed by atoms with Gasteiger partial charge in [0.05, 0.1) is 0 Å². The maximum absolute atomic E-state index is 12.2. The summed E-state index contributed by atoms with van der Waals surface area (Å²) in [6, 6.07) is 18.7. The van der Waals surface area contributed by atoms with Crippen LogP contribution in [0, 0.1) is 0 Å². The fourth-order valence-electron chi connectivity index (χ4n) is 1.73. The molecule has 2 aromatic carbocycles. The molecule has 7 heteroatoms. The number of hydrogen-bond acceptors (Lipinski definition) is 2. The van der Waals surface area contributed by atoms with Gasteiger partial charge in [-0.25, -0.2) is 0 Å². The molecule has 0 spiro atoms. The normalized spacial score (nSPS) is 9.43. The van der Waals surface area contributed by atoms with Crippen molar-refractivity contribution >= 4 is 59.2 Å². The van der Waals surface area contributed by atoms with Gasteiger partial charge < -0.3 is 0 Å². The first-order valence-electron chi connectivity index (χ1n) is 6.54. The fraction of sp³-hybridized carbons (Fsp3) is 0.125. The summed E-state index contributed by atoms with van der Waals surface area (Å²) in [5, 5.41) is 0. The average Bonchev–Trinajstić information content (AvgIpc) is 2.63. The molecule has 0 atom stereocenters. The first-order valence-corrected chi connectivity index (χ1v) is 15.0. The molecule has 0 saturated carbocycles. The van der Waals surface area contributed by atoms with E-state index in [1.165, 1.54) is 0 Å². The molecule has 2 amide bonds. The number of anilines is 2. The minimum atomic E-state index is -1.46. The van der Waals surface area contributed by atoms with Crippen LogP contribution in [0.5, 0.6) is 0 Å². The van der Waals surface area contributed by atoms with Crippen LogP contribution < -0.4 is 9.80 Å². The monoisotopic (exact) mass is 722 g/mol. The van der Waals surface area contributed by atoms with Gasteiger partial charge in [-0.2, -0.15) is 0 Å². The molecule has 0 fully saturated rings. The third-order valence-electron chi connectivity index (χ3n) is 3.01. The third kappa shape index (κ3) is 6.57. The summed E-state index contributed by atoms with van der Waals surface area (Å²) in [6.07, 6.45) is 0. The van der Waals surface area contributed by atoms with Gasteiger partial charge in [0.25, 0.3) is 0 Å². The Balaban J connectivity index is 0.00000127. The van der Waals surface area contributed by atoms with Gasteiger partial charge in [0.15, 0.2) is 0 Å². The van der Waals surface area contributed by atoms with Crippen LogP contribution in [0.4, 0.5) is 21.0 Å². The van der Waals surface area contributed by atoms with E-state index >= 15 is 0 Å². The number of hydrogen-bond donors (Lipinski definition) is 0. The molecule has 126 valence electrons. The molecular formula is C16H16AuIN2O2Te. The Bertz CT molecular complexity index is 573. The van der Waals surface area contributed by atoms with Crippen molar-refractivity contribution in [2.75, 3.05) is 23.9 Å². The van der Waals surface area contributed by atoms with Crippen molar-refractivity contribution in [3.05, 3.63) is 60.7 Å². The van der Waals surface area contributed by atoms with Crippen molar-refractivity contribution in [1.29, 1.82) is 0 Å². The number of carbonyl (C=O) groups excluding carboxylic acids is 2. The molecule has 2 aromatic rings. The van der Waals surface area contributed by atoms with E-state index in [-0.39, 0.29) is 7.91 Å². The van der Waals surface area contributed by atoms with E-state index in [0.29, 0.717) is 0 Å². The van der Waals surface area contributed by atoms with Crippen LogP contribution in [0.2, 0.25) is 0 Å². The van der Waals surface area contributed by atoms with Gasteiger partial charge in [0, 0.05) is 0 Å². The standard InChI is InChI=1S/C16H16N2O2Te.Au.HI/c1-17(13-9-5-3-6-10-13)15(19)21-16(20)18(2)14-11-7-4-8-12-14;;/h3-12H,1-2H3;;1H/q;+1;/p-1. The van der Waals surface area contributed by atoms with E-state index in [1.54, 1.807) is 23.9 Å². The first kappa shape index (κ1) is 20.7. The second-order valence-corrected chi connectivity index (χ2v) is 7.00. The Kier molecular flexibility index (Phi) is 10.1. The predicted molar refractivity (Wildman–Crippen MR) is 100 cm³/mol. The molecule has 0 heterocycles. The van der Waals surface area contributed by atoms with Gasteiger partial charge in [-0.05, 0) is 0 Å². The van der Waals surface area contributed by atoms with Crippen LogP contribution in [0.3, 0.4) is 0 Å². The number of carbonyl (C=O) groups is 2. The summed E-state index contributed by atoms with van der Waals surface area (Å²) in [5.41, 5.74) is 1.62. The molecule has 0 radical (unpaired) electrons. The van der Waals surface area contributed by atoms with E-state index in [1.807, 2.05) is 60.7 Å². The zero-order valence-corrected chi connectivity index (χ0v) is 19.2. The van der Waals surface area contributed by atoms with Crippen molar-refractivity contribution in [3.8, 4) is 0 Å². The van der Waals surface area contributed by atoms with Crippen molar-refractivity contribution < 1.29 is 26.8 Å². The molecule has 23 heavy (non-hydrogen) atoms. The quantitative estimate of drug-likeness (QED) is 0.354. The number of rotatable bonds is 4. The second-order valence-electron chi connectivity index (χ2n) is 4.42. The molecule has 0 saturated heterocycles. The molecule has 0 aliphatic heterocycles. The van der Waals surface area contributed by atoms with Crippen molar-refractivity contribution in [3.63, 3.8) is 0 Å². The molecule has 0 N–H and O–H groups in total. The Labute approximate surface area is 169 Å². The number of benzene rings is 2. The van der Waals surface area contributed by atoms with E-state index < -0.39 is 20.9 Å². The van der Waals surface area contributed by atoms with Gasteiger partial charge in [-0.3, -0.25) is 0 Å². The Morgan fingerprint density at radius 2 is 1.09 bits per heavy atom. The SMILES string of the molecule is CN(C(=O)[Te]C(=O)N(C)c1ccccc1)c1ccccc1.[I][Au]. The van der Waals surface area contributed by atoms with Gasteiger partial charge in [0.1, 0.15) is 0 Å². The van der Waals surface area contributed by atoms with Gasteiger partial charge >= 0.3 is 171 Å². The molecular weight excluding hydrogens is 704 g/mol. The van der Waals surface area contributed by atoms with Crippen molar-refractivity contribution in [1.82, 2.24) is 0 Å². The van der Waals surface area contributed by atoms with Crippen LogP contribution in [-0.4, -0.2) is 42.9 Å². The number of para-hydroxylation sites is 2. The van der Waals surface area contributed by atoms with Crippen LogP contribution in [0.1, 0.15) is 0 Å². The van der Waals surface area contributed by atoms with Gasteiger partial charge in [0.2, 0.25) is 0 Å². The third-order valence-corrected chi connectivity index (χ3v) is 5.57. The predicted octanol–water partition coefficient (Wildman–Crippen LogP) is 4.09. The number of nitrogens with zero attached hydrogens (tertiary/aromatic N) is 2. The van der Waals surface area contributed by atoms with Crippen LogP contribution in [-0.2, 0) is 17.3 Å². The van der Waals surface area contributed by atoms with Gasteiger partial charge in [-0.15, -0.1) is 0 Å². The zero-order valence-electron chi connectivity index (χ0n) is 12.6. The summed E-state index contributed by atoms with van der Waals surface area (Å²) < 4.78 is -0.196. The molecule has 0 bridgehead atoms. The Morgan fingerprint density at radius 1 is 0.783 bits per heavy atom. The maximum atomic E-state index is 12.2. The summed E-state index contributed by atoms with van der Waals surface area (Å²) in [5.74, 6) is 0. The number of halogens is 1. The minimum absolute atomic E-state index is 0.0978. The first-order chi connectivity index (χ1) is 11.1. The summed E-state index contributed by atoms with van der Waals surface area (Å²) in [7, 11) is 3.41. The molecule has 0 aliphatic rings. The molecule has 0 aliphatic carbocycles. The van der Waals surface area contributed by atoms with Crippen molar-refractivity contribution in [2.45, 2.75) is 0 Å². The molecule has 4 nitrogen and oxygen atoms in total.